The van der Waals surface area contributed by atoms with E-state index in [1.54, 1.807) is 14.0 Å². The summed E-state index contributed by atoms with van der Waals surface area (Å²) in [5.74, 6) is 0.0977. The summed E-state index contributed by atoms with van der Waals surface area (Å²) >= 11 is 0. The molecule has 74 valence electrons. The monoisotopic (exact) mass is 239 g/mol. The van der Waals surface area contributed by atoms with Crippen molar-refractivity contribution in [2.45, 2.75) is 13.0 Å². The van der Waals surface area contributed by atoms with E-state index < -0.39 is 0 Å². The molecule has 0 saturated heterocycles. The first-order valence-corrected chi connectivity index (χ1v) is 3.70. The van der Waals surface area contributed by atoms with Crippen LogP contribution in [0.15, 0.2) is 0 Å². The van der Waals surface area contributed by atoms with Crippen molar-refractivity contribution in [1.29, 1.82) is 0 Å². The smallest absolute Gasteiger partial charge is 0.164 e. The zero-order valence-corrected chi connectivity index (χ0v) is 10.0. The number of rotatable bonds is 4. The summed E-state index contributed by atoms with van der Waals surface area (Å²) in [6, 6.07) is 0. The van der Waals surface area contributed by atoms with Gasteiger partial charge in [0.25, 0.3) is 0 Å². The minimum absolute atomic E-state index is 0. The molecule has 0 aromatic rings. The van der Waals surface area contributed by atoms with Crippen LogP contribution in [0.3, 0.4) is 0 Å². The Morgan fingerprint density at radius 1 is 1.42 bits per heavy atom. The van der Waals surface area contributed by atoms with E-state index >= 15 is 0 Å². The number of methoxy groups -OCH3 is 1. The molecule has 0 N–H and O–H groups in total. The number of carbonyl (C=O) groups excluding carboxylic acids is 1. The molecular formula is C8H18BrNO2. The van der Waals surface area contributed by atoms with Crippen LogP contribution < -0.4 is 17.0 Å². The topological polar surface area (TPSA) is 26.3 Å². The molecule has 0 aromatic carbocycles. The molecule has 0 fully saturated rings. The molecular weight excluding hydrogens is 222 g/mol. The predicted molar refractivity (Wildman–Crippen MR) is 44.4 cm³/mol. The summed E-state index contributed by atoms with van der Waals surface area (Å²) in [4.78, 5) is 10.9. The number of halogens is 1. The molecule has 3 nitrogen and oxygen atoms in total. The fourth-order valence-electron chi connectivity index (χ4n) is 0.867. The van der Waals surface area contributed by atoms with Crippen LogP contribution in [0.25, 0.3) is 0 Å². The molecule has 0 spiro atoms. The number of carbonyl (C=O) groups is 1. The second-order valence-corrected chi connectivity index (χ2v) is 3.81. The van der Waals surface area contributed by atoms with Crippen molar-refractivity contribution in [1.82, 2.24) is 0 Å². The second kappa shape index (κ2) is 5.67. The Balaban J connectivity index is 0. The largest absolute Gasteiger partial charge is 1.00 e. The van der Waals surface area contributed by atoms with Gasteiger partial charge in [-0.1, -0.05) is 0 Å². The van der Waals surface area contributed by atoms with Crippen LogP contribution in [0.5, 0.6) is 0 Å². The standard InChI is InChI=1S/C8H18NO2.BrH/c1-7(10)8(11-5)6-9(2,3)4;/h8H,6H2,1-5H3;1H/q+1;/p-1. The number of hydrogen-bond donors (Lipinski definition) is 0. The molecule has 12 heavy (non-hydrogen) atoms. The highest BCUT2D eigenvalue weighted by Gasteiger charge is 2.20. The van der Waals surface area contributed by atoms with Crippen LogP contribution in [-0.2, 0) is 9.53 Å². The lowest BCUT2D eigenvalue weighted by Crippen LogP contribution is -3.00. The molecule has 0 radical (unpaired) electrons. The lowest BCUT2D eigenvalue weighted by Gasteiger charge is -2.27. The quantitative estimate of drug-likeness (QED) is 0.500. The van der Waals surface area contributed by atoms with E-state index in [1.165, 1.54) is 0 Å². The van der Waals surface area contributed by atoms with E-state index in [9.17, 15) is 4.79 Å². The van der Waals surface area contributed by atoms with Gasteiger partial charge in [0, 0.05) is 7.11 Å². The number of quaternary nitrogens is 1. The van der Waals surface area contributed by atoms with Gasteiger partial charge >= 0.3 is 0 Å². The van der Waals surface area contributed by atoms with E-state index in [-0.39, 0.29) is 28.9 Å². The van der Waals surface area contributed by atoms with Crippen molar-refractivity contribution >= 4 is 5.78 Å². The Labute approximate surface area is 85.1 Å². The predicted octanol–water partition coefficient (Wildman–Crippen LogP) is -2.70. The fraction of sp³-hybridized carbons (Fsp3) is 0.875. The Morgan fingerprint density at radius 2 is 1.83 bits per heavy atom. The third-order valence-electron chi connectivity index (χ3n) is 1.45. The summed E-state index contributed by atoms with van der Waals surface area (Å²) in [6.07, 6.45) is -0.255. The number of Topliss-reactive ketones (excluding diaryl/α,β-unsaturated/α-hetero) is 1. The van der Waals surface area contributed by atoms with Crippen LogP contribution in [-0.4, -0.2) is 51.2 Å². The Hall–Kier alpha value is 0.0700. The second-order valence-electron chi connectivity index (χ2n) is 3.81. The van der Waals surface area contributed by atoms with Gasteiger partial charge in [-0.2, -0.15) is 0 Å². The van der Waals surface area contributed by atoms with Gasteiger partial charge in [0.2, 0.25) is 0 Å². The molecule has 4 heteroatoms. The zero-order valence-electron chi connectivity index (χ0n) is 8.43. The molecule has 0 aliphatic rings. The van der Waals surface area contributed by atoms with Crippen molar-refractivity contribution in [3.63, 3.8) is 0 Å². The lowest BCUT2D eigenvalue weighted by molar-refractivity contribution is -0.872. The van der Waals surface area contributed by atoms with Crippen LogP contribution in [0.1, 0.15) is 6.92 Å². The normalized spacial score (nSPS) is 13.4. The summed E-state index contributed by atoms with van der Waals surface area (Å²) in [7, 11) is 7.68. The third kappa shape index (κ3) is 6.76. The van der Waals surface area contributed by atoms with Crippen LogP contribution in [0.2, 0.25) is 0 Å². The summed E-state index contributed by atoms with van der Waals surface area (Å²) in [5.41, 5.74) is 0. The van der Waals surface area contributed by atoms with Crippen LogP contribution >= 0.6 is 0 Å². The molecule has 1 unspecified atom stereocenters. The van der Waals surface area contributed by atoms with Crippen molar-refractivity contribution in [2.75, 3.05) is 34.8 Å². The number of likely N-dealkylation sites (N-methyl/N-ethyl adjacent to an activating group) is 1. The molecule has 0 aliphatic carbocycles. The summed E-state index contributed by atoms with van der Waals surface area (Å²) in [6.45, 7) is 2.29. The highest BCUT2D eigenvalue weighted by molar-refractivity contribution is 5.80. The number of nitrogens with zero attached hydrogens (tertiary/aromatic N) is 1. The molecule has 0 heterocycles. The average Bonchev–Trinajstić information content (AvgIpc) is 1.80. The highest BCUT2D eigenvalue weighted by atomic mass is 79.9. The lowest BCUT2D eigenvalue weighted by atomic mass is 10.2. The molecule has 1 atom stereocenters. The van der Waals surface area contributed by atoms with Crippen molar-refractivity contribution < 1.29 is 31.0 Å². The summed E-state index contributed by atoms with van der Waals surface area (Å²) < 4.78 is 5.77. The SMILES string of the molecule is COC(C[N+](C)(C)C)C(C)=O.[Br-]. The van der Waals surface area contributed by atoms with Gasteiger partial charge in [0.1, 0.15) is 6.54 Å². The Bertz CT molecular complexity index is 142. The zero-order chi connectivity index (χ0) is 9.07. The van der Waals surface area contributed by atoms with E-state index in [2.05, 4.69) is 0 Å². The van der Waals surface area contributed by atoms with Crippen LogP contribution in [0, 0.1) is 0 Å². The van der Waals surface area contributed by atoms with Gasteiger partial charge in [-0.05, 0) is 6.92 Å². The van der Waals surface area contributed by atoms with Crippen molar-refractivity contribution in [3.05, 3.63) is 0 Å². The molecule has 0 saturated carbocycles. The maximum atomic E-state index is 10.9. The molecule has 0 aromatic heterocycles. The number of ketones is 1. The highest BCUT2D eigenvalue weighted by Crippen LogP contribution is 1.99. The van der Waals surface area contributed by atoms with Crippen LogP contribution in [0.4, 0.5) is 0 Å². The van der Waals surface area contributed by atoms with Gasteiger partial charge in [0.15, 0.2) is 11.9 Å². The Kier molecular flexibility index (Phi) is 6.89. The van der Waals surface area contributed by atoms with Crippen molar-refractivity contribution in [2.24, 2.45) is 0 Å². The van der Waals surface area contributed by atoms with Gasteiger partial charge in [0.05, 0.1) is 21.1 Å². The van der Waals surface area contributed by atoms with Crippen molar-refractivity contribution in [3.8, 4) is 0 Å². The third-order valence-corrected chi connectivity index (χ3v) is 1.45. The summed E-state index contributed by atoms with van der Waals surface area (Å²) in [5, 5.41) is 0. The minimum atomic E-state index is -0.255. The average molecular weight is 240 g/mol. The molecule has 0 bridgehead atoms. The van der Waals surface area contributed by atoms with E-state index in [0.29, 0.717) is 0 Å². The fourth-order valence-corrected chi connectivity index (χ4v) is 0.867. The van der Waals surface area contributed by atoms with Gasteiger partial charge in [-0.15, -0.1) is 0 Å². The first-order valence-electron chi connectivity index (χ1n) is 3.70. The number of hydrogen-bond acceptors (Lipinski definition) is 2. The molecule has 0 aliphatic heterocycles. The van der Waals surface area contributed by atoms with E-state index in [4.69, 9.17) is 4.74 Å². The first-order chi connectivity index (χ1) is 4.87. The van der Waals surface area contributed by atoms with Gasteiger partial charge < -0.3 is 26.2 Å². The van der Waals surface area contributed by atoms with Gasteiger partial charge in [-0.25, -0.2) is 0 Å². The first kappa shape index (κ1) is 14.6. The maximum Gasteiger partial charge on any atom is 0.164 e. The maximum absolute atomic E-state index is 10.9. The Morgan fingerprint density at radius 3 is 1.92 bits per heavy atom. The molecule has 0 rings (SSSR count). The van der Waals surface area contributed by atoms with Gasteiger partial charge in [-0.3, -0.25) is 4.79 Å². The molecule has 0 amide bonds. The minimum Gasteiger partial charge on any atom is -1.00 e. The van der Waals surface area contributed by atoms with E-state index in [0.717, 1.165) is 11.0 Å². The van der Waals surface area contributed by atoms with E-state index in [1.807, 2.05) is 21.1 Å². The number of ether oxygens (including phenoxy) is 1.